The first kappa shape index (κ1) is 17.3. The molecule has 8 heteroatoms. The Labute approximate surface area is 138 Å². The number of fused-ring (bicyclic) bond motifs is 1. The van der Waals surface area contributed by atoms with E-state index in [1.165, 1.54) is 0 Å². The van der Waals surface area contributed by atoms with Gasteiger partial charge in [0.2, 0.25) is 0 Å². The van der Waals surface area contributed by atoms with E-state index in [-0.39, 0.29) is 25.3 Å². The SMILES string of the molecule is CCOC(=O)C/C(=N/Nc1nncc2ccccc12)C(=O)OCC. The number of carbonyl (C=O) groups excluding carboxylic acids is 2. The molecule has 0 atom stereocenters. The third-order valence-corrected chi connectivity index (χ3v) is 3.00. The Kier molecular flexibility index (Phi) is 6.18. The van der Waals surface area contributed by atoms with Gasteiger partial charge < -0.3 is 9.47 Å². The third-order valence-electron chi connectivity index (χ3n) is 3.00. The fourth-order valence-corrected chi connectivity index (χ4v) is 1.95. The molecule has 24 heavy (non-hydrogen) atoms. The van der Waals surface area contributed by atoms with E-state index in [1.807, 2.05) is 24.3 Å². The van der Waals surface area contributed by atoms with Crippen LogP contribution in [0.1, 0.15) is 20.3 Å². The Morgan fingerprint density at radius 2 is 1.92 bits per heavy atom. The van der Waals surface area contributed by atoms with Gasteiger partial charge in [-0.15, -0.1) is 5.10 Å². The van der Waals surface area contributed by atoms with Crippen LogP contribution in [0.15, 0.2) is 35.6 Å². The summed E-state index contributed by atoms with van der Waals surface area (Å²) in [5.41, 5.74) is 2.59. The fraction of sp³-hybridized carbons (Fsp3) is 0.312. The van der Waals surface area contributed by atoms with Crippen LogP contribution >= 0.6 is 0 Å². The van der Waals surface area contributed by atoms with Crippen LogP contribution in [0, 0.1) is 0 Å². The summed E-state index contributed by atoms with van der Waals surface area (Å²) in [6.07, 6.45) is 1.33. The molecular formula is C16H18N4O4. The fourth-order valence-electron chi connectivity index (χ4n) is 1.95. The van der Waals surface area contributed by atoms with Crippen molar-refractivity contribution in [1.29, 1.82) is 0 Å². The summed E-state index contributed by atoms with van der Waals surface area (Å²) in [5, 5.41) is 13.5. The number of carbonyl (C=O) groups is 2. The number of rotatable bonds is 7. The van der Waals surface area contributed by atoms with E-state index in [1.54, 1.807) is 20.0 Å². The minimum Gasteiger partial charge on any atom is -0.466 e. The summed E-state index contributed by atoms with van der Waals surface area (Å²) < 4.78 is 9.75. The van der Waals surface area contributed by atoms with Crippen molar-refractivity contribution in [1.82, 2.24) is 10.2 Å². The van der Waals surface area contributed by atoms with Gasteiger partial charge in [0.1, 0.15) is 0 Å². The molecule has 0 saturated carbocycles. The van der Waals surface area contributed by atoms with Gasteiger partial charge in [-0.05, 0) is 13.8 Å². The highest BCUT2D eigenvalue weighted by Gasteiger charge is 2.18. The number of hydrogen-bond acceptors (Lipinski definition) is 8. The number of aromatic nitrogens is 2. The summed E-state index contributed by atoms with van der Waals surface area (Å²) in [6, 6.07) is 7.45. The highest BCUT2D eigenvalue weighted by atomic mass is 16.5. The van der Waals surface area contributed by atoms with Gasteiger partial charge in [-0.3, -0.25) is 10.2 Å². The third kappa shape index (κ3) is 4.48. The molecule has 2 rings (SSSR count). The number of nitrogens with one attached hydrogen (secondary N) is 1. The number of nitrogens with zero attached hydrogens (tertiary/aromatic N) is 3. The van der Waals surface area contributed by atoms with Crippen molar-refractivity contribution in [2.24, 2.45) is 5.10 Å². The minimum absolute atomic E-state index is 0.0926. The standard InChI is InChI=1S/C16H18N4O4/c1-3-23-14(21)9-13(16(22)24-4-2)18-20-15-12-8-6-5-7-11(12)10-17-19-15/h5-8,10H,3-4,9H2,1-2H3,(H,19,20)/b18-13-. The zero-order chi connectivity index (χ0) is 17.4. The summed E-state index contributed by atoms with van der Waals surface area (Å²) >= 11 is 0. The quantitative estimate of drug-likeness (QED) is 0.470. The van der Waals surface area contributed by atoms with Gasteiger partial charge in [-0.2, -0.15) is 10.2 Å². The van der Waals surface area contributed by atoms with E-state index in [0.717, 1.165) is 10.8 Å². The van der Waals surface area contributed by atoms with Crippen LogP contribution < -0.4 is 5.43 Å². The number of benzene rings is 1. The molecule has 1 aromatic heterocycles. The Balaban J connectivity index is 2.24. The van der Waals surface area contributed by atoms with Crippen molar-refractivity contribution in [3.63, 3.8) is 0 Å². The second kappa shape index (κ2) is 8.56. The van der Waals surface area contributed by atoms with Crippen molar-refractivity contribution in [2.75, 3.05) is 18.6 Å². The van der Waals surface area contributed by atoms with Crippen LogP contribution in [0.25, 0.3) is 10.8 Å². The van der Waals surface area contributed by atoms with Crippen LogP contribution in [0.5, 0.6) is 0 Å². The maximum atomic E-state index is 11.9. The van der Waals surface area contributed by atoms with Crippen molar-refractivity contribution in [2.45, 2.75) is 20.3 Å². The first-order chi connectivity index (χ1) is 11.7. The van der Waals surface area contributed by atoms with Gasteiger partial charge in [0.15, 0.2) is 11.5 Å². The van der Waals surface area contributed by atoms with Gasteiger partial charge in [0.25, 0.3) is 0 Å². The van der Waals surface area contributed by atoms with E-state index in [4.69, 9.17) is 9.47 Å². The zero-order valence-electron chi connectivity index (χ0n) is 13.5. The average Bonchev–Trinajstić information content (AvgIpc) is 2.59. The predicted molar refractivity (Wildman–Crippen MR) is 88.5 cm³/mol. The molecule has 0 bridgehead atoms. The molecule has 0 spiro atoms. The summed E-state index contributed by atoms with van der Waals surface area (Å²) in [6.45, 7) is 3.75. The van der Waals surface area contributed by atoms with Crippen LogP contribution in [0.4, 0.5) is 5.82 Å². The Morgan fingerprint density at radius 1 is 1.17 bits per heavy atom. The number of hydrazone groups is 1. The first-order valence-electron chi connectivity index (χ1n) is 7.51. The Morgan fingerprint density at radius 3 is 2.67 bits per heavy atom. The van der Waals surface area contributed by atoms with Gasteiger partial charge >= 0.3 is 11.9 Å². The maximum absolute atomic E-state index is 11.9. The van der Waals surface area contributed by atoms with Gasteiger partial charge in [0.05, 0.1) is 25.8 Å². The van der Waals surface area contributed by atoms with Crippen molar-refractivity contribution in [3.8, 4) is 0 Å². The number of anilines is 1. The maximum Gasteiger partial charge on any atom is 0.355 e. The van der Waals surface area contributed by atoms with Crippen LogP contribution in [0.3, 0.4) is 0 Å². The molecule has 0 fully saturated rings. The summed E-state index contributed by atoms with van der Waals surface area (Å²) in [4.78, 5) is 23.6. The molecule has 0 unspecified atom stereocenters. The molecule has 0 amide bonds. The van der Waals surface area contributed by atoms with Crippen LogP contribution in [-0.2, 0) is 19.1 Å². The first-order valence-corrected chi connectivity index (χ1v) is 7.51. The van der Waals surface area contributed by atoms with Crippen molar-refractivity contribution in [3.05, 3.63) is 30.5 Å². The van der Waals surface area contributed by atoms with Crippen molar-refractivity contribution >= 4 is 34.2 Å². The van der Waals surface area contributed by atoms with Gasteiger partial charge in [0, 0.05) is 10.8 Å². The van der Waals surface area contributed by atoms with E-state index < -0.39 is 11.9 Å². The number of ether oxygens (including phenoxy) is 2. The molecule has 126 valence electrons. The molecule has 8 nitrogen and oxygen atoms in total. The average molecular weight is 330 g/mol. The lowest BCUT2D eigenvalue weighted by Gasteiger charge is -2.07. The van der Waals surface area contributed by atoms with E-state index in [0.29, 0.717) is 5.82 Å². The molecule has 1 aromatic carbocycles. The number of esters is 2. The lowest BCUT2D eigenvalue weighted by atomic mass is 10.2. The van der Waals surface area contributed by atoms with Gasteiger partial charge in [-0.25, -0.2) is 4.79 Å². The lowest BCUT2D eigenvalue weighted by molar-refractivity contribution is -0.143. The second-order valence-corrected chi connectivity index (χ2v) is 4.65. The highest BCUT2D eigenvalue weighted by molar-refractivity contribution is 6.39. The van der Waals surface area contributed by atoms with Crippen LogP contribution in [0.2, 0.25) is 0 Å². The molecule has 0 aliphatic carbocycles. The molecule has 1 heterocycles. The number of hydrogen-bond donors (Lipinski definition) is 1. The van der Waals surface area contributed by atoms with Crippen LogP contribution in [-0.4, -0.2) is 41.1 Å². The lowest BCUT2D eigenvalue weighted by Crippen LogP contribution is -2.23. The van der Waals surface area contributed by atoms with Crippen molar-refractivity contribution < 1.29 is 19.1 Å². The molecule has 2 aromatic rings. The normalized spacial score (nSPS) is 11.2. The molecule has 1 N–H and O–H groups in total. The second-order valence-electron chi connectivity index (χ2n) is 4.65. The molecule has 0 radical (unpaired) electrons. The monoisotopic (exact) mass is 330 g/mol. The topological polar surface area (TPSA) is 103 Å². The predicted octanol–water partition coefficient (Wildman–Crippen LogP) is 1.91. The Hall–Kier alpha value is -3.03. The van der Waals surface area contributed by atoms with Gasteiger partial charge in [-0.1, -0.05) is 24.3 Å². The zero-order valence-corrected chi connectivity index (χ0v) is 13.5. The highest BCUT2D eigenvalue weighted by Crippen LogP contribution is 2.19. The largest absolute Gasteiger partial charge is 0.466 e. The molecule has 0 aliphatic rings. The van der Waals surface area contributed by atoms with E-state index in [2.05, 4.69) is 20.7 Å². The summed E-state index contributed by atoms with van der Waals surface area (Å²) in [5.74, 6) is -0.875. The smallest absolute Gasteiger partial charge is 0.355 e. The Bertz CT molecular complexity index is 755. The molecule has 0 saturated heterocycles. The molecule has 0 aliphatic heterocycles. The van der Waals surface area contributed by atoms with E-state index in [9.17, 15) is 9.59 Å². The summed E-state index contributed by atoms with van der Waals surface area (Å²) in [7, 11) is 0. The molecular weight excluding hydrogens is 312 g/mol. The minimum atomic E-state index is -0.689. The van der Waals surface area contributed by atoms with E-state index >= 15 is 0 Å².